The molecular weight excluding hydrogens is 438 g/mol. The number of carboxylic acid groups (broad SMARTS) is 1. The van der Waals surface area contributed by atoms with Crippen LogP contribution in [0.25, 0.3) is 11.1 Å². The predicted molar refractivity (Wildman–Crippen MR) is 123 cm³/mol. The first-order valence-electron chi connectivity index (χ1n) is 11.3. The Morgan fingerprint density at radius 3 is 2.24 bits per heavy atom. The number of hydrogen-bond donors (Lipinski definition) is 3. The molecule has 2 aliphatic rings. The van der Waals surface area contributed by atoms with Crippen molar-refractivity contribution in [2.45, 2.75) is 18.8 Å². The summed E-state index contributed by atoms with van der Waals surface area (Å²) >= 11 is 0. The molecule has 178 valence electrons. The summed E-state index contributed by atoms with van der Waals surface area (Å²) in [5.74, 6) is -2.46. The minimum absolute atomic E-state index is 0.0798. The maximum Gasteiger partial charge on any atom is 0.407 e. The largest absolute Gasteiger partial charge is 0.481 e. The third-order valence-electron chi connectivity index (χ3n) is 6.30. The van der Waals surface area contributed by atoms with Gasteiger partial charge >= 0.3 is 12.1 Å². The fraction of sp³-hybridized carbons (Fsp3) is 0.360. The van der Waals surface area contributed by atoms with Gasteiger partial charge < -0.3 is 25.4 Å². The fourth-order valence-electron chi connectivity index (χ4n) is 4.56. The van der Waals surface area contributed by atoms with Crippen LogP contribution in [0.15, 0.2) is 48.5 Å². The summed E-state index contributed by atoms with van der Waals surface area (Å²) in [6.07, 6.45) is 0.430. The molecule has 2 aromatic carbocycles. The van der Waals surface area contributed by atoms with Crippen molar-refractivity contribution < 1.29 is 29.0 Å². The number of carbonyl (C=O) groups excluding carboxylic acids is 3. The van der Waals surface area contributed by atoms with Crippen molar-refractivity contribution >= 4 is 23.9 Å². The highest BCUT2D eigenvalue weighted by Crippen LogP contribution is 2.44. The molecule has 0 spiro atoms. The summed E-state index contributed by atoms with van der Waals surface area (Å²) in [4.78, 5) is 49.1. The van der Waals surface area contributed by atoms with Crippen molar-refractivity contribution in [2.24, 2.45) is 5.92 Å². The van der Waals surface area contributed by atoms with Crippen molar-refractivity contribution in [1.82, 2.24) is 15.5 Å². The predicted octanol–water partition coefficient (Wildman–Crippen LogP) is 1.96. The Bertz CT molecular complexity index is 1060. The van der Waals surface area contributed by atoms with E-state index in [0.717, 1.165) is 22.3 Å². The number of carboxylic acids is 1. The first-order chi connectivity index (χ1) is 16.4. The van der Waals surface area contributed by atoms with E-state index in [1.165, 1.54) is 4.90 Å². The Balaban J connectivity index is 1.21. The first kappa shape index (κ1) is 23.3. The molecule has 1 aliphatic carbocycles. The lowest BCUT2D eigenvalue weighted by Crippen LogP contribution is -2.47. The van der Waals surface area contributed by atoms with Crippen LogP contribution in [0.4, 0.5) is 4.79 Å². The molecule has 0 bridgehead atoms. The van der Waals surface area contributed by atoms with Gasteiger partial charge in [0, 0.05) is 19.0 Å². The van der Waals surface area contributed by atoms with Gasteiger partial charge in [0.25, 0.3) is 0 Å². The van der Waals surface area contributed by atoms with Gasteiger partial charge in [-0.1, -0.05) is 48.5 Å². The Hall–Kier alpha value is -3.88. The highest BCUT2D eigenvalue weighted by atomic mass is 16.5. The minimum atomic E-state index is -0.922. The Labute approximate surface area is 197 Å². The first-order valence-corrected chi connectivity index (χ1v) is 11.3. The number of piperidine rings is 1. The highest BCUT2D eigenvalue weighted by Gasteiger charge is 2.30. The number of hydrogen-bond acceptors (Lipinski definition) is 5. The van der Waals surface area contributed by atoms with Crippen molar-refractivity contribution in [3.63, 3.8) is 0 Å². The van der Waals surface area contributed by atoms with Gasteiger partial charge in [-0.15, -0.1) is 0 Å². The third kappa shape index (κ3) is 5.19. The Morgan fingerprint density at radius 2 is 1.59 bits per heavy atom. The average molecular weight is 466 g/mol. The van der Waals surface area contributed by atoms with Crippen molar-refractivity contribution in [2.75, 3.05) is 32.8 Å². The molecule has 0 unspecified atom stereocenters. The van der Waals surface area contributed by atoms with E-state index in [1.54, 1.807) is 0 Å². The maximum absolute atomic E-state index is 12.3. The van der Waals surface area contributed by atoms with E-state index >= 15 is 0 Å². The number of rotatable bonds is 7. The maximum atomic E-state index is 12.3. The molecule has 1 fully saturated rings. The lowest BCUT2D eigenvalue weighted by Gasteiger charge is -2.30. The number of alkyl carbamates (subject to hydrolysis) is 1. The lowest BCUT2D eigenvalue weighted by molar-refractivity contribution is -0.145. The van der Waals surface area contributed by atoms with Gasteiger partial charge in [0.2, 0.25) is 11.8 Å². The van der Waals surface area contributed by atoms with Gasteiger partial charge in [0.15, 0.2) is 0 Å². The second-order valence-corrected chi connectivity index (χ2v) is 8.47. The standard InChI is InChI=1S/C25H27N3O6/c29-22(26-13-23(30)28-11-5-6-16(14-28)24(31)32)12-27-25(33)34-15-21-19-9-3-1-7-17(19)18-8-2-4-10-20(18)21/h1-4,7-10,16,21H,5-6,11-15H2,(H,26,29)(H,27,33)(H,31,32)/t16-/m0/s1. The Morgan fingerprint density at radius 1 is 0.941 bits per heavy atom. The van der Waals surface area contributed by atoms with Crippen LogP contribution in [0, 0.1) is 5.92 Å². The van der Waals surface area contributed by atoms with Crippen LogP contribution in [0.1, 0.15) is 29.9 Å². The number of nitrogens with zero attached hydrogens (tertiary/aromatic N) is 1. The Kier molecular flexibility index (Phi) is 7.10. The molecule has 4 rings (SSSR count). The van der Waals surface area contributed by atoms with E-state index in [4.69, 9.17) is 9.84 Å². The number of carbonyl (C=O) groups is 4. The van der Waals surface area contributed by atoms with E-state index in [9.17, 15) is 19.2 Å². The highest BCUT2D eigenvalue weighted by molar-refractivity contribution is 5.87. The van der Waals surface area contributed by atoms with E-state index in [-0.39, 0.29) is 38.1 Å². The average Bonchev–Trinajstić information content (AvgIpc) is 3.18. The molecule has 2 aromatic rings. The van der Waals surface area contributed by atoms with Gasteiger partial charge in [-0.3, -0.25) is 14.4 Å². The van der Waals surface area contributed by atoms with Crippen molar-refractivity contribution in [3.8, 4) is 11.1 Å². The zero-order chi connectivity index (χ0) is 24.1. The van der Waals surface area contributed by atoms with Gasteiger partial charge in [0.05, 0.1) is 12.5 Å². The number of aliphatic carboxylic acids is 1. The quantitative estimate of drug-likeness (QED) is 0.574. The molecule has 0 saturated carbocycles. The van der Waals surface area contributed by atoms with Crippen molar-refractivity contribution in [3.05, 3.63) is 59.7 Å². The molecule has 3 N–H and O–H groups in total. The van der Waals surface area contributed by atoms with Crippen LogP contribution in [0.2, 0.25) is 0 Å². The second-order valence-electron chi connectivity index (χ2n) is 8.47. The lowest BCUT2D eigenvalue weighted by atomic mass is 9.98. The molecular formula is C25H27N3O6. The van der Waals surface area contributed by atoms with Crippen molar-refractivity contribution in [1.29, 1.82) is 0 Å². The van der Waals surface area contributed by atoms with E-state index in [2.05, 4.69) is 10.6 Å². The summed E-state index contributed by atoms with van der Waals surface area (Å²) < 4.78 is 5.38. The second kappa shape index (κ2) is 10.4. The SMILES string of the molecule is O=C(CNC(=O)OCC1c2ccccc2-c2ccccc21)NCC(=O)N1CCC[C@H](C(=O)O)C1. The van der Waals surface area contributed by atoms with Gasteiger partial charge in [-0.05, 0) is 35.1 Å². The molecule has 0 radical (unpaired) electrons. The van der Waals surface area contributed by atoms with Gasteiger partial charge in [-0.25, -0.2) is 4.79 Å². The van der Waals surface area contributed by atoms with E-state index in [0.29, 0.717) is 19.4 Å². The van der Waals surface area contributed by atoms with Crippen LogP contribution in [0.3, 0.4) is 0 Å². The minimum Gasteiger partial charge on any atom is -0.481 e. The summed E-state index contributed by atoms with van der Waals surface area (Å²) in [5.41, 5.74) is 4.44. The normalized spacial score (nSPS) is 16.8. The molecule has 9 heteroatoms. The molecule has 9 nitrogen and oxygen atoms in total. The number of fused-ring (bicyclic) bond motifs is 3. The van der Waals surface area contributed by atoms with E-state index < -0.39 is 23.9 Å². The zero-order valence-electron chi connectivity index (χ0n) is 18.7. The van der Waals surface area contributed by atoms with Crippen LogP contribution in [-0.4, -0.2) is 66.7 Å². The van der Waals surface area contributed by atoms with Crippen LogP contribution < -0.4 is 10.6 Å². The van der Waals surface area contributed by atoms with Crippen LogP contribution in [-0.2, 0) is 19.1 Å². The number of benzene rings is 2. The van der Waals surface area contributed by atoms with Crippen LogP contribution >= 0.6 is 0 Å². The number of amides is 3. The topological polar surface area (TPSA) is 125 Å². The smallest absolute Gasteiger partial charge is 0.407 e. The van der Waals surface area contributed by atoms with Crippen LogP contribution in [0.5, 0.6) is 0 Å². The molecule has 3 amide bonds. The zero-order valence-corrected chi connectivity index (χ0v) is 18.7. The van der Waals surface area contributed by atoms with Gasteiger partial charge in [0.1, 0.15) is 13.2 Å². The molecule has 1 heterocycles. The molecule has 1 saturated heterocycles. The summed E-state index contributed by atoms with van der Waals surface area (Å²) in [6.45, 7) is 0.164. The fourth-order valence-corrected chi connectivity index (χ4v) is 4.56. The van der Waals surface area contributed by atoms with Gasteiger partial charge in [-0.2, -0.15) is 0 Å². The third-order valence-corrected chi connectivity index (χ3v) is 6.30. The van der Waals surface area contributed by atoms with E-state index in [1.807, 2.05) is 48.5 Å². The monoisotopic (exact) mass is 465 g/mol. The number of nitrogens with one attached hydrogen (secondary N) is 2. The summed E-state index contributed by atoms with van der Waals surface area (Å²) in [5, 5.41) is 14.0. The molecule has 1 aliphatic heterocycles. The number of likely N-dealkylation sites (tertiary alicyclic amines) is 1. The molecule has 1 atom stereocenters. The molecule has 34 heavy (non-hydrogen) atoms. The summed E-state index contributed by atoms with van der Waals surface area (Å²) in [7, 11) is 0. The summed E-state index contributed by atoms with van der Waals surface area (Å²) in [6, 6.07) is 16.0. The number of ether oxygens (including phenoxy) is 1. The molecule has 0 aromatic heterocycles.